The third kappa shape index (κ3) is 1.05. The van der Waals surface area contributed by atoms with Crippen LogP contribution < -0.4 is 0 Å². The number of hydrogen-bond donors (Lipinski definition) is 1. The van der Waals surface area contributed by atoms with Crippen LogP contribution in [0.1, 0.15) is 0 Å². The lowest BCUT2D eigenvalue weighted by atomic mass is 10.1. The maximum Gasteiger partial charge on any atom is 0.112 e. The van der Waals surface area contributed by atoms with Gasteiger partial charge in [0.25, 0.3) is 0 Å². The van der Waals surface area contributed by atoms with Crippen LogP contribution in [0.3, 0.4) is 0 Å². The summed E-state index contributed by atoms with van der Waals surface area (Å²) in [5.74, 6) is 0. The molecule has 4 atom stereocenters. The fourth-order valence-corrected chi connectivity index (χ4v) is 1.62. The summed E-state index contributed by atoms with van der Waals surface area (Å²) in [5.41, 5.74) is 8.20. The number of hydrogen-bond acceptors (Lipinski definition) is 4. The molecule has 0 amide bonds. The average Bonchev–Trinajstić information content (AvgIpc) is 2.58. The molecule has 0 aromatic heterocycles. The van der Waals surface area contributed by atoms with Crippen molar-refractivity contribution in [1.29, 1.82) is 0 Å². The average molecular weight is 171 g/mol. The maximum absolute atomic E-state index is 9.30. The Bertz CT molecular complexity index is 228. The molecule has 0 spiro atoms. The monoisotopic (exact) mass is 171 g/mol. The van der Waals surface area contributed by atoms with Gasteiger partial charge in [0.1, 0.15) is 12.2 Å². The largest absolute Gasteiger partial charge is 0.388 e. The van der Waals surface area contributed by atoms with Crippen molar-refractivity contribution in [2.24, 2.45) is 5.11 Å². The minimum absolute atomic E-state index is 0.254. The van der Waals surface area contributed by atoms with Crippen molar-refractivity contribution in [2.45, 2.75) is 24.4 Å². The third-order valence-electron chi connectivity index (χ3n) is 2.20. The maximum atomic E-state index is 9.30. The Hall–Kier alpha value is -0.810. The molecule has 6 nitrogen and oxygen atoms in total. The molecule has 2 aliphatic heterocycles. The standard InChI is InChI=1S/C6H9N3O3/c7-9-8-3-1-11-6-4(10)2-12-5(3)6/h3-6,10H,1-2H2/t3-,4-,5-,6-/m1/s1. The van der Waals surface area contributed by atoms with Gasteiger partial charge in [0.2, 0.25) is 0 Å². The van der Waals surface area contributed by atoms with Gasteiger partial charge in [-0.25, -0.2) is 0 Å². The highest BCUT2D eigenvalue weighted by molar-refractivity contribution is 4.97. The van der Waals surface area contributed by atoms with Crippen LogP contribution in [0.5, 0.6) is 0 Å². The molecule has 0 unspecified atom stereocenters. The lowest BCUT2D eigenvalue weighted by Gasteiger charge is -2.10. The highest BCUT2D eigenvalue weighted by Crippen LogP contribution is 2.28. The topological polar surface area (TPSA) is 87.5 Å². The Morgan fingerprint density at radius 2 is 2.08 bits per heavy atom. The summed E-state index contributed by atoms with van der Waals surface area (Å²) < 4.78 is 10.4. The van der Waals surface area contributed by atoms with Gasteiger partial charge < -0.3 is 14.6 Å². The molecule has 2 saturated heterocycles. The Morgan fingerprint density at radius 1 is 1.33 bits per heavy atom. The van der Waals surface area contributed by atoms with E-state index in [4.69, 9.17) is 15.0 Å². The molecular formula is C6H9N3O3. The lowest BCUT2D eigenvalue weighted by Crippen LogP contribution is -2.30. The molecule has 0 aromatic rings. The molecule has 2 fully saturated rings. The SMILES string of the molecule is [N-]=[N+]=N[C@@H]1CO[C@H]2[C@@H]1OC[C@H]2O. The second kappa shape index (κ2) is 2.91. The first-order chi connectivity index (χ1) is 5.83. The minimum atomic E-state index is -0.575. The fourth-order valence-electron chi connectivity index (χ4n) is 1.62. The van der Waals surface area contributed by atoms with Gasteiger partial charge in [-0.3, -0.25) is 0 Å². The van der Waals surface area contributed by atoms with Crippen molar-refractivity contribution in [3.05, 3.63) is 10.4 Å². The molecule has 6 heteroatoms. The van der Waals surface area contributed by atoms with E-state index < -0.39 is 6.10 Å². The van der Waals surface area contributed by atoms with Gasteiger partial charge in [-0.2, -0.15) is 0 Å². The van der Waals surface area contributed by atoms with Gasteiger partial charge in [-0.1, -0.05) is 5.11 Å². The molecule has 2 heterocycles. The summed E-state index contributed by atoms with van der Waals surface area (Å²) in [6, 6.07) is -0.280. The van der Waals surface area contributed by atoms with E-state index in [-0.39, 0.29) is 24.9 Å². The first-order valence-corrected chi connectivity index (χ1v) is 3.78. The van der Waals surface area contributed by atoms with Crippen molar-refractivity contribution in [3.63, 3.8) is 0 Å². The van der Waals surface area contributed by atoms with Gasteiger partial charge in [0.15, 0.2) is 0 Å². The van der Waals surface area contributed by atoms with E-state index in [1.807, 2.05) is 0 Å². The molecule has 0 bridgehead atoms. The van der Waals surface area contributed by atoms with E-state index in [0.717, 1.165) is 0 Å². The zero-order valence-electron chi connectivity index (χ0n) is 6.33. The number of aliphatic hydroxyl groups excluding tert-OH is 1. The number of azide groups is 1. The number of aliphatic hydroxyl groups is 1. The molecular weight excluding hydrogens is 162 g/mol. The smallest absolute Gasteiger partial charge is 0.112 e. The van der Waals surface area contributed by atoms with E-state index in [0.29, 0.717) is 6.61 Å². The quantitative estimate of drug-likeness (QED) is 0.337. The third-order valence-corrected chi connectivity index (χ3v) is 2.20. The van der Waals surface area contributed by atoms with Crippen molar-refractivity contribution < 1.29 is 14.6 Å². The molecule has 2 aliphatic rings. The van der Waals surface area contributed by atoms with Crippen LogP contribution in [0.2, 0.25) is 0 Å². The zero-order valence-corrected chi connectivity index (χ0v) is 6.33. The number of ether oxygens (including phenoxy) is 2. The number of nitrogens with zero attached hydrogens (tertiary/aromatic N) is 3. The fraction of sp³-hybridized carbons (Fsp3) is 1.00. The minimum Gasteiger partial charge on any atom is -0.388 e. The van der Waals surface area contributed by atoms with Gasteiger partial charge in [0, 0.05) is 4.91 Å². The first kappa shape index (κ1) is 7.82. The highest BCUT2D eigenvalue weighted by atomic mass is 16.6. The molecule has 12 heavy (non-hydrogen) atoms. The summed E-state index contributed by atoms with van der Waals surface area (Å²) in [4.78, 5) is 2.69. The molecule has 0 aromatic carbocycles. The Kier molecular flexibility index (Phi) is 1.90. The van der Waals surface area contributed by atoms with Gasteiger partial charge in [-0.05, 0) is 5.53 Å². The molecule has 66 valence electrons. The number of rotatable bonds is 1. The van der Waals surface area contributed by atoms with Crippen molar-refractivity contribution in [2.75, 3.05) is 13.2 Å². The van der Waals surface area contributed by atoms with E-state index in [2.05, 4.69) is 10.0 Å². The summed E-state index contributed by atoms with van der Waals surface area (Å²) in [5, 5.41) is 12.8. The second-order valence-electron chi connectivity index (χ2n) is 2.94. The van der Waals surface area contributed by atoms with E-state index in [1.54, 1.807) is 0 Å². The van der Waals surface area contributed by atoms with Gasteiger partial charge in [-0.15, -0.1) is 0 Å². The molecule has 0 saturated carbocycles. The molecule has 0 radical (unpaired) electrons. The summed E-state index contributed by atoms with van der Waals surface area (Å²) in [6.45, 7) is 0.614. The van der Waals surface area contributed by atoms with Crippen LogP contribution in [-0.2, 0) is 9.47 Å². The van der Waals surface area contributed by atoms with Gasteiger partial charge >= 0.3 is 0 Å². The van der Waals surface area contributed by atoms with Crippen LogP contribution >= 0.6 is 0 Å². The van der Waals surface area contributed by atoms with Crippen LogP contribution in [0.4, 0.5) is 0 Å². The summed E-state index contributed by atoms with van der Waals surface area (Å²) in [6.07, 6.45) is -1.13. The van der Waals surface area contributed by atoms with Crippen LogP contribution in [0.15, 0.2) is 5.11 Å². The summed E-state index contributed by atoms with van der Waals surface area (Å²) in [7, 11) is 0. The second-order valence-corrected chi connectivity index (χ2v) is 2.94. The van der Waals surface area contributed by atoms with Crippen molar-refractivity contribution in [1.82, 2.24) is 0 Å². The lowest BCUT2D eigenvalue weighted by molar-refractivity contribution is 0.0182. The predicted molar refractivity (Wildman–Crippen MR) is 38.4 cm³/mol. The van der Waals surface area contributed by atoms with E-state index >= 15 is 0 Å². The van der Waals surface area contributed by atoms with E-state index in [9.17, 15) is 5.11 Å². The first-order valence-electron chi connectivity index (χ1n) is 3.78. The van der Waals surface area contributed by atoms with E-state index in [1.165, 1.54) is 0 Å². The molecule has 2 rings (SSSR count). The van der Waals surface area contributed by atoms with Crippen molar-refractivity contribution >= 4 is 0 Å². The molecule has 0 aliphatic carbocycles. The Morgan fingerprint density at radius 3 is 2.83 bits per heavy atom. The summed E-state index contributed by atoms with van der Waals surface area (Å²) >= 11 is 0. The van der Waals surface area contributed by atoms with Crippen LogP contribution in [-0.4, -0.2) is 42.7 Å². The zero-order chi connectivity index (χ0) is 8.55. The normalized spacial score (nSPS) is 45.4. The Labute approximate surface area is 68.7 Å². The highest BCUT2D eigenvalue weighted by Gasteiger charge is 2.46. The number of fused-ring (bicyclic) bond motifs is 1. The van der Waals surface area contributed by atoms with Crippen LogP contribution in [0.25, 0.3) is 10.4 Å². The van der Waals surface area contributed by atoms with Gasteiger partial charge in [0.05, 0.1) is 25.4 Å². The Balaban J connectivity index is 2.10. The molecule has 1 N–H and O–H groups in total. The van der Waals surface area contributed by atoms with Crippen LogP contribution in [0, 0.1) is 0 Å². The van der Waals surface area contributed by atoms with Crippen molar-refractivity contribution in [3.8, 4) is 0 Å². The predicted octanol–water partition coefficient (Wildman–Crippen LogP) is -0.176.